The average molecular weight is 449 g/mol. The molecule has 172 valence electrons. The van der Waals surface area contributed by atoms with Gasteiger partial charge < -0.3 is 15.0 Å². The first-order valence-corrected chi connectivity index (χ1v) is 11.7. The van der Waals surface area contributed by atoms with Crippen molar-refractivity contribution in [1.29, 1.82) is 0 Å². The number of amides is 1. The highest BCUT2D eigenvalue weighted by atomic mass is 19.1. The number of benzene rings is 2. The fourth-order valence-corrected chi connectivity index (χ4v) is 4.79. The van der Waals surface area contributed by atoms with Crippen LogP contribution in [0.3, 0.4) is 0 Å². The van der Waals surface area contributed by atoms with Gasteiger partial charge >= 0.3 is 0 Å². The van der Waals surface area contributed by atoms with E-state index in [1.807, 2.05) is 36.4 Å². The summed E-state index contributed by atoms with van der Waals surface area (Å²) >= 11 is 0. The van der Waals surface area contributed by atoms with E-state index in [0.717, 1.165) is 61.3 Å². The fourth-order valence-electron chi connectivity index (χ4n) is 4.79. The Morgan fingerprint density at radius 1 is 1.03 bits per heavy atom. The molecular formula is C26H29FN4O2. The van der Waals surface area contributed by atoms with Gasteiger partial charge in [0.15, 0.2) is 0 Å². The largest absolute Gasteiger partial charge is 0.379 e. The minimum absolute atomic E-state index is 0.128. The van der Waals surface area contributed by atoms with Crippen molar-refractivity contribution in [1.82, 2.24) is 15.2 Å². The van der Waals surface area contributed by atoms with E-state index in [-0.39, 0.29) is 17.8 Å². The second kappa shape index (κ2) is 9.85. The van der Waals surface area contributed by atoms with E-state index in [1.54, 1.807) is 12.1 Å². The van der Waals surface area contributed by atoms with Gasteiger partial charge in [0.2, 0.25) is 0 Å². The molecule has 0 aliphatic carbocycles. The number of hydrogen-bond acceptors (Lipinski definition) is 5. The van der Waals surface area contributed by atoms with Crippen LogP contribution in [0.15, 0.2) is 54.6 Å². The smallest absolute Gasteiger partial charge is 0.255 e. The molecule has 1 N–H and O–H groups in total. The molecule has 2 aliphatic heterocycles. The van der Waals surface area contributed by atoms with Gasteiger partial charge in [-0.1, -0.05) is 30.3 Å². The first-order chi connectivity index (χ1) is 16.2. The zero-order chi connectivity index (χ0) is 22.6. The number of pyridine rings is 1. The second-order valence-electron chi connectivity index (χ2n) is 8.68. The Morgan fingerprint density at radius 2 is 1.82 bits per heavy atom. The monoisotopic (exact) mass is 448 g/mol. The molecule has 0 radical (unpaired) electrons. The average Bonchev–Trinajstić information content (AvgIpc) is 3.39. The van der Waals surface area contributed by atoms with Crippen LogP contribution in [0.4, 0.5) is 10.2 Å². The van der Waals surface area contributed by atoms with E-state index in [1.165, 1.54) is 6.07 Å². The van der Waals surface area contributed by atoms with Gasteiger partial charge in [0.1, 0.15) is 11.6 Å². The van der Waals surface area contributed by atoms with Gasteiger partial charge in [-0.3, -0.25) is 9.69 Å². The van der Waals surface area contributed by atoms with Crippen molar-refractivity contribution >= 4 is 22.6 Å². The van der Waals surface area contributed by atoms with Gasteiger partial charge in [0.05, 0.1) is 30.3 Å². The van der Waals surface area contributed by atoms with Crippen molar-refractivity contribution < 1.29 is 13.9 Å². The highest BCUT2D eigenvalue weighted by Gasteiger charge is 2.26. The predicted molar refractivity (Wildman–Crippen MR) is 127 cm³/mol. The molecule has 0 bridgehead atoms. The van der Waals surface area contributed by atoms with E-state index < -0.39 is 0 Å². The molecular weight excluding hydrogens is 419 g/mol. The molecule has 3 aromatic rings. The Bertz CT molecular complexity index is 1130. The summed E-state index contributed by atoms with van der Waals surface area (Å²) in [7, 11) is 0. The molecule has 5 rings (SSSR count). The molecule has 33 heavy (non-hydrogen) atoms. The van der Waals surface area contributed by atoms with E-state index in [2.05, 4.69) is 15.1 Å². The lowest BCUT2D eigenvalue weighted by Gasteiger charge is -2.35. The summed E-state index contributed by atoms with van der Waals surface area (Å²) < 4.78 is 19.5. The van der Waals surface area contributed by atoms with E-state index in [9.17, 15) is 9.18 Å². The molecule has 2 fully saturated rings. The summed E-state index contributed by atoms with van der Waals surface area (Å²) in [6.45, 7) is 4.95. The Morgan fingerprint density at radius 3 is 2.61 bits per heavy atom. The van der Waals surface area contributed by atoms with Crippen molar-refractivity contribution in [3.63, 3.8) is 0 Å². The summed E-state index contributed by atoms with van der Waals surface area (Å²) in [6, 6.07) is 16.3. The lowest BCUT2D eigenvalue weighted by Crippen LogP contribution is -2.44. The molecule has 1 atom stereocenters. The van der Waals surface area contributed by atoms with Crippen LogP contribution in [0.2, 0.25) is 0 Å². The molecule has 1 aromatic heterocycles. The van der Waals surface area contributed by atoms with Crippen molar-refractivity contribution in [2.24, 2.45) is 0 Å². The molecule has 3 heterocycles. The molecule has 1 unspecified atom stereocenters. The van der Waals surface area contributed by atoms with Gasteiger partial charge in [-0.05, 0) is 42.7 Å². The van der Waals surface area contributed by atoms with E-state index in [0.29, 0.717) is 25.3 Å². The maximum atomic E-state index is 14.0. The fraction of sp³-hybridized carbons (Fsp3) is 0.385. The highest BCUT2D eigenvalue weighted by Crippen LogP contribution is 2.27. The lowest BCUT2D eigenvalue weighted by atomic mass is 10.0. The second-order valence-corrected chi connectivity index (χ2v) is 8.68. The van der Waals surface area contributed by atoms with Crippen LogP contribution in [0.25, 0.3) is 10.9 Å². The summed E-state index contributed by atoms with van der Waals surface area (Å²) in [5, 5.41) is 4.08. The number of aromatic nitrogens is 1. The van der Waals surface area contributed by atoms with Gasteiger partial charge in [-0.25, -0.2) is 9.37 Å². The quantitative estimate of drug-likeness (QED) is 0.622. The number of carbonyl (C=O) groups excluding carboxylic acids is 1. The standard InChI is InChI=1S/C26H29FN4O2/c27-21-8-5-7-20(16-21)24(30-12-14-33-15-13-30)18-28-26(32)22-17-19-6-1-2-9-23(19)29-25(22)31-10-3-4-11-31/h1-2,5-9,16-17,24H,3-4,10-15,18H2,(H,28,32). The zero-order valence-electron chi connectivity index (χ0n) is 18.7. The Labute approximate surface area is 193 Å². The third-order valence-electron chi connectivity index (χ3n) is 6.53. The highest BCUT2D eigenvalue weighted by molar-refractivity contribution is 6.02. The third kappa shape index (κ3) is 4.84. The Balaban J connectivity index is 1.42. The number of hydrogen-bond donors (Lipinski definition) is 1. The van der Waals surface area contributed by atoms with Gasteiger partial charge in [0, 0.05) is 38.1 Å². The number of nitrogens with zero attached hydrogens (tertiary/aromatic N) is 3. The van der Waals surface area contributed by atoms with E-state index in [4.69, 9.17) is 9.72 Å². The van der Waals surface area contributed by atoms with Crippen molar-refractivity contribution in [3.05, 3.63) is 71.5 Å². The summed E-state index contributed by atoms with van der Waals surface area (Å²) in [5.41, 5.74) is 2.34. The molecule has 6 nitrogen and oxygen atoms in total. The lowest BCUT2D eigenvalue weighted by molar-refractivity contribution is 0.0162. The predicted octanol–water partition coefficient (Wildman–Crippen LogP) is 3.78. The van der Waals surface area contributed by atoms with Crippen molar-refractivity contribution in [2.75, 3.05) is 50.8 Å². The number of nitrogens with one attached hydrogen (secondary N) is 1. The Hall–Kier alpha value is -3.03. The van der Waals surface area contributed by atoms with Crippen LogP contribution >= 0.6 is 0 Å². The molecule has 2 saturated heterocycles. The molecule has 2 aromatic carbocycles. The molecule has 0 saturated carbocycles. The maximum Gasteiger partial charge on any atom is 0.255 e. The first-order valence-electron chi connectivity index (χ1n) is 11.7. The number of fused-ring (bicyclic) bond motifs is 1. The summed E-state index contributed by atoms with van der Waals surface area (Å²) in [4.78, 5) is 22.8. The number of ether oxygens (including phenoxy) is 1. The van der Waals surface area contributed by atoms with Crippen molar-refractivity contribution in [2.45, 2.75) is 18.9 Å². The van der Waals surface area contributed by atoms with Crippen LogP contribution in [0.5, 0.6) is 0 Å². The zero-order valence-corrected chi connectivity index (χ0v) is 18.7. The SMILES string of the molecule is O=C(NCC(c1cccc(F)c1)N1CCOCC1)c1cc2ccccc2nc1N1CCCC1. The normalized spacial score (nSPS) is 17.9. The van der Waals surface area contributed by atoms with Gasteiger partial charge in [0.25, 0.3) is 5.91 Å². The minimum Gasteiger partial charge on any atom is -0.379 e. The van der Waals surface area contributed by atoms with Crippen LogP contribution in [-0.4, -0.2) is 61.7 Å². The number of halogens is 1. The first kappa shape index (κ1) is 21.8. The number of anilines is 1. The molecule has 7 heteroatoms. The van der Waals surface area contributed by atoms with Gasteiger partial charge in [-0.2, -0.15) is 0 Å². The number of rotatable bonds is 6. The third-order valence-corrected chi connectivity index (χ3v) is 6.53. The minimum atomic E-state index is -0.271. The Kier molecular flexibility index (Phi) is 6.51. The van der Waals surface area contributed by atoms with E-state index >= 15 is 0 Å². The number of para-hydroxylation sites is 1. The number of morpholine rings is 1. The van der Waals surface area contributed by atoms with Crippen LogP contribution in [-0.2, 0) is 4.74 Å². The summed E-state index contributed by atoms with van der Waals surface area (Å²) in [5.74, 6) is 0.328. The topological polar surface area (TPSA) is 57.7 Å². The summed E-state index contributed by atoms with van der Waals surface area (Å²) in [6.07, 6.45) is 2.21. The van der Waals surface area contributed by atoms with Crippen molar-refractivity contribution in [3.8, 4) is 0 Å². The number of carbonyl (C=O) groups is 1. The van der Waals surface area contributed by atoms with Crippen LogP contribution < -0.4 is 10.2 Å². The molecule has 0 spiro atoms. The maximum absolute atomic E-state index is 14.0. The molecule has 1 amide bonds. The van der Waals surface area contributed by atoms with Gasteiger partial charge in [-0.15, -0.1) is 0 Å². The van der Waals surface area contributed by atoms with Crippen LogP contribution in [0, 0.1) is 5.82 Å². The van der Waals surface area contributed by atoms with Crippen LogP contribution in [0.1, 0.15) is 34.8 Å². The molecule has 2 aliphatic rings.